The molecular formula is C12H15ClN2O3. The van der Waals surface area contributed by atoms with Crippen LogP contribution in [0.4, 0.5) is 0 Å². The minimum absolute atomic E-state index is 0.257. The second-order valence-electron chi connectivity index (χ2n) is 4.56. The van der Waals surface area contributed by atoms with E-state index in [1.54, 1.807) is 19.9 Å². The third-order valence-corrected chi connectivity index (χ3v) is 2.80. The van der Waals surface area contributed by atoms with Gasteiger partial charge in [0.25, 0.3) is 5.91 Å². The molecule has 0 spiro atoms. The summed E-state index contributed by atoms with van der Waals surface area (Å²) in [5.74, 6) is -1.23. The van der Waals surface area contributed by atoms with E-state index >= 15 is 0 Å². The van der Waals surface area contributed by atoms with Crippen LogP contribution in [0.2, 0.25) is 5.02 Å². The van der Waals surface area contributed by atoms with E-state index < -0.39 is 11.4 Å². The van der Waals surface area contributed by atoms with Crippen molar-refractivity contribution >= 4 is 23.5 Å². The van der Waals surface area contributed by atoms with Crippen molar-refractivity contribution in [3.63, 3.8) is 0 Å². The van der Waals surface area contributed by atoms with Crippen LogP contribution in [0.1, 0.15) is 30.8 Å². The molecule has 0 saturated heterocycles. The lowest BCUT2D eigenvalue weighted by atomic mass is 9.90. The molecule has 1 aromatic rings. The number of carbonyl (C=O) groups is 2. The van der Waals surface area contributed by atoms with Crippen LogP contribution in [0.25, 0.3) is 0 Å². The molecule has 1 heterocycles. The SMILES string of the molecule is CC(C)(CCNC(=O)c1ccc(Cl)cn1)C(=O)O. The first-order chi connectivity index (χ1) is 8.33. The molecule has 0 bridgehead atoms. The molecule has 0 unspecified atom stereocenters. The van der Waals surface area contributed by atoms with Crippen LogP contribution in [0.3, 0.4) is 0 Å². The van der Waals surface area contributed by atoms with Gasteiger partial charge in [0.1, 0.15) is 5.69 Å². The Labute approximate surface area is 110 Å². The number of rotatable bonds is 5. The Morgan fingerprint density at radius 1 is 1.44 bits per heavy atom. The molecule has 6 heteroatoms. The largest absolute Gasteiger partial charge is 0.481 e. The van der Waals surface area contributed by atoms with Crippen molar-refractivity contribution in [1.82, 2.24) is 10.3 Å². The van der Waals surface area contributed by atoms with E-state index in [1.165, 1.54) is 12.3 Å². The van der Waals surface area contributed by atoms with Gasteiger partial charge in [-0.05, 0) is 32.4 Å². The third kappa shape index (κ3) is 4.00. The summed E-state index contributed by atoms with van der Waals surface area (Å²) in [5.41, 5.74) is -0.603. The Morgan fingerprint density at radius 3 is 2.61 bits per heavy atom. The standard InChI is InChI=1S/C12H15ClN2O3/c1-12(2,11(17)18)5-6-14-10(16)9-4-3-8(13)7-15-9/h3-4,7H,5-6H2,1-2H3,(H,14,16)(H,17,18). The van der Waals surface area contributed by atoms with Crippen LogP contribution in [-0.2, 0) is 4.79 Å². The van der Waals surface area contributed by atoms with E-state index in [4.69, 9.17) is 16.7 Å². The van der Waals surface area contributed by atoms with Gasteiger partial charge in [-0.25, -0.2) is 4.98 Å². The summed E-state index contributed by atoms with van der Waals surface area (Å²) in [5, 5.41) is 12.0. The van der Waals surface area contributed by atoms with Gasteiger partial charge in [-0.3, -0.25) is 9.59 Å². The average Bonchev–Trinajstić information content (AvgIpc) is 2.29. The highest BCUT2D eigenvalue weighted by Crippen LogP contribution is 2.19. The van der Waals surface area contributed by atoms with Gasteiger partial charge in [-0.1, -0.05) is 11.6 Å². The molecule has 0 fully saturated rings. The molecule has 0 aliphatic carbocycles. The Morgan fingerprint density at radius 2 is 2.11 bits per heavy atom. The molecule has 0 aromatic carbocycles. The molecule has 2 N–H and O–H groups in total. The van der Waals surface area contributed by atoms with E-state index in [0.29, 0.717) is 11.4 Å². The molecule has 98 valence electrons. The molecule has 0 atom stereocenters. The number of hydrogen-bond donors (Lipinski definition) is 2. The minimum Gasteiger partial charge on any atom is -0.481 e. The second-order valence-corrected chi connectivity index (χ2v) is 4.99. The summed E-state index contributed by atoms with van der Waals surface area (Å²) in [7, 11) is 0. The van der Waals surface area contributed by atoms with E-state index in [9.17, 15) is 9.59 Å². The Balaban J connectivity index is 2.47. The number of nitrogens with one attached hydrogen (secondary N) is 1. The summed E-state index contributed by atoms with van der Waals surface area (Å²) in [6, 6.07) is 3.09. The number of hydrogen-bond acceptors (Lipinski definition) is 3. The zero-order chi connectivity index (χ0) is 13.8. The minimum atomic E-state index is -0.888. The maximum absolute atomic E-state index is 11.6. The number of carbonyl (C=O) groups excluding carboxylic acids is 1. The summed E-state index contributed by atoms with van der Waals surface area (Å²) >= 11 is 5.66. The lowest BCUT2D eigenvalue weighted by Crippen LogP contribution is -2.32. The second kappa shape index (κ2) is 5.82. The zero-order valence-corrected chi connectivity index (χ0v) is 11.0. The topological polar surface area (TPSA) is 79.3 Å². The van der Waals surface area contributed by atoms with Gasteiger partial charge >= 0.3 is 5.97 Å². The molecule has 18 heavy (non-hydrogen) atoms. The number of aliphatic carboxylic acids is 1. The fraction of sp³-hybridized carbons (Fsp3) is 0.417. The van der Waals surface area contributed by atoms with Crippen molar-refractivity contribution in [3.05, 3.63) is 29.0 Å². The van der Waals surface area contributed by atoms with Gasteiger partial charge in [0.15, 0.2) is 0 Å². The first kappa shape index (κ1) is 14.4. The van der Waals surface area contributed by atoms with Gasteiger partial charge in [0.2, 0.25) is 0 Å². The fourth-order valence-electron chi connectivity index (χ4n) is 1.20. The Kier molecular flexibility index (Phi) is 4.67. The molecule has 0 saturated carbocycles. The molecule has 1 rings (SSSR count). The van der Waals surface area contributed by atoms with Crippen molar-refractivity contribution in [3.8, 4) is 0 Å². The van der Waals surface area contributed by atoms with Crippen LogP contribution < -0.4 is 5.32 Å². The quantitative estimate of drug-likeness (QED) is 0.857. The van der Waals surface area contributed by atoms with Crippen LogP contribution in [0, 0.1) is 5.41 Å². The Bertz CT molecular complexity index is 443. The number of carboxylic acids is 1. The molecule has 5 nitrogen and oxygen atoms in total. The van der Waals surface area contributed by atoms with E-state index in [-0.39, 0.29) is 18.1 Å². The fourth-order valence-corrected chi connectivity index (χ4v) is 1.31. The maximum Gasteiger partial charge on any atom is 0.309 e. The van der Waals surface area contributed by atoms with Gasteiger partial charge in [-0.2, -0.15) is 0 Å². The normalized spacial score (nSPS) is 11.1. The summed E-state index contributed by atoms with van der Waals surface area (Å²) < 4.78 is 0. The van der Waals surface area contributed by atoms with Crippen LogP contribution in [0.5, 0.6) is 0 Å². The summed E-state index contributed by atoms with van der Waals surface area (Å²) in [4.78, 5) is 26.4. The van der Waals surface area contributed by atoms with Crippen molar-refractivity contribution < 1.29 is 14.7 Å². The van der Waals surface area contributed by atoms with Gasteiger partial charge in [0, 0.05) is 12.7 Å². The van der Waals surface area contributed by atoms with Gasteiger partial charge in [0.05, 0.1) is 10.4 Å². The summed E-state index contributed by atoms with van der Waals surface area (Å²) in [6.07, 6.45) is 1.74. The lowest BCUT2D eigenvalue weighted by Gasteiger charge is -2.18. The third-order valence-electron chi connectivity index (χ3n) is 2.57. The Hall–Kier alpha value is -1.62. The van der Waals surface area contributed by atoms with Crippen molar-refractivity contribution in [2.75, 3.05) is 6.54 Å². The first-order valence-corrected chi connectivity index (χ1v) is 5.84. The highest BCUT2D eigenvalue weighted by molar-refractivity contribution is 6.30. The van der Waals surface area contributed by atoms with E-state index in [0.717, 1.165) is 0 Å². The van der Waals surface area contributed by atoms with Crippen molar-refractivity contribution in [2.45, 2.75) is 20.3 Å². The van der Waals surface area contributed by atoms with E-state index in [1.807, 2.05) is 0 Å². The first-order valence-electron chi connectivity index (χ1n) is 5.46. The lowest BCUT2D eigenvalue weighted by molar-refractivity contribution is -0.147. The summed E-state index contributed by atoms with van der Waals surface area (Å²) in [6.45, 7) is 3.51. The van der Waals surface area contributed by atoms with Crippen LogP contribution >= 0.6 is 11.6 Å². The molecule has 1 amide bonds. The number of carboxylic acid groups (broad SMARTS) is 1. The average molecular weight is 271 g/mol. The van der Waals surface area contributed by atoms with Crippen molar-refractivity contribution in [1.29, 1.82) is 0 Å². The van der Waals surface area contributed by atoms with Gasteiger partial charge < -0.3 is 10.4 Å². The highest BCUT2D eigenvalue weighted by atomic mass is 35.5. The monoisotopic (exact) mass is 270 g/mol. The maximum atomic E-state index is 11.6. The number of halogens is 1. The zero-order valence-electron chi connectivity index (χ0n) is 10.2. The number of amides is 1. The van der Waals surface area contributed by atoms with Gasteiger partial charge in [-0.15, -0.1) is 0 Å². The highest BCUT2D eigenvalue weighted by Gasteiger charge is 2.26. The van der Waals surface area contributed by atoms with Crippen molar-refractivity contribution in [2.24, 2.45) is 5.41 Å². The van der Waals surface area contributed by atoms with E-state index in [2.05, 4.69) is 10.3 Å². The predicted octanol–water partition coefficient (Wildman–Crippen LogP) is 1.97. The number of nitrogens with zero attached hydrogens (tertiary/aromatic N) is 1. The number of aromatic nitrogens is 1. The number of pyridine rings is 1. The van der Waals surface area contributed by atoms with Crippen LogP contribution in [0.15, 0.2) is 18.3 Å². The van der Waals surface area contributed by atoms with Crippen LogP contribution in [-0.4, -0.2) is 28.5 Å². The smallest absolute Gasteiger partial charge is 0.309 e. The predicted molar refractivity (Wildman–Crippen MR) is 67.6 cm³/mol. The molecule has 0 aliphatic rings. The molecular weight excluding hydrogens is 256 g/mol. The molecule has 0 radical (unpaired) electrons. The molecule has 1 aromatic heterocycles. The molecule has 0 aliphatic heterocycles.